The third-order valence-corrected chi connectivity index (χ3v) is 6.27. The Labute approximate surface area is 159 Å². The minimum absolute atomic E-state index is 0.266. The number of nitrogens with zero attached hydrogens (tertiary/aromatic N) is 3. The maximum Gasteiger partial charge on any atom is 0.242 e. The molecule has 1 aromatic heterocycles. The van der Waals surface area contributed by atoms with E-state index in [9.17, 15) is 8.42 Å². The molecule has 0 aliphatic carbocycles. The molecule has 0 saturated heterocycles. The Hall–Kier alpha value is -2.51. The quantitative estimate of drug-likeness (QED) is 0.648. The zero-order chi connectivity index (χ0) is 19.6. The zero-order valence-corrected chi connectivity index (χ0v) is 16.7. The molecule has 0 atom stereocenters. The van der Waals surface area contributed by atoms with E-state index < -0.39 is 10.0 Å². The van der Waals surface area contributed by atoms with Crippen molar-refractivity contribution in [2.45, 2.75) is 25.2 Å². The molecule has 27 heavy (non-hydrogen) atoms. The highest BCUT2D eigenvalue weighted by Crippen LogP contribution is 2.32. The van der Waals surface area contributed by atoms with Crippen LogP contribution in [0.4, 0.5) is 0 Å². The minimum Gasteiger partial charge on any atom is -0.476 e. The van der Waals surface area contributed by atoms with Crippen LogP contribution in [0.3, 0.4) is 0 Å². The fraction of sp³-hybridized carbons (Fsp3) is 0.300. The van der Waals surface area contributed by atoms with Crippen molar-refractivity contribution in [2.75, 3.05) is 20.7 Å². The van der Waals surface area contributed by atoms with Crippen molar-refractivity contribution in [1.82, 2.24) is 14.5 Å². The van der Waals surface area contributed by atoms with Gasteiger partial charge in [-0.25, -0.2) is 12.7 Å². The molecule has 0 radical (unpaired) electrons. The number of rotatable bonds is 6. The largest absolute Gasteiger partial charge is 0.476 e. The van der Waals surface area contributed by atoms with Gasteiger partial charge in [0.15, 0.2) is 0 Å². The van der Waals surface area contributed by atoms with Gasteiger partial charge in [-0.3, -0.25) is 0 Å². The van der Waals surface area contributed by atoms with Gasteiger partial charge in [0.1, 0.15) is 5.69 Å². The summed E-state index contributed by atoms with van der Waals surface area (Å²) < 4.78 is 32.2. The smallest absolute Gasteiger partial charge is 0.242 e. The van der Waals surface area contributed by atoms with Crippen LogP contribution in [0.2, 0.25) is 0 Å². The lowest BCUT2D eigenvalue weighted by Gasteiger charge is -2.15. The second-order valence-electron chi connectivity index (χ2n) is 6.52. The molecule has 0 aliphatic rings. The van der Waals surface area contributed by atoms with Crippen LogP contribution >= 0.6 is 0 Å². The van der Waals surface area contributed by atoms with Crippen molar-refractivity contribution in [2.24, 2.45) is 0 Å². The molecule has 0 saturated carbocycles. The average Bonchev–Trinajstić information content (AvgIpc) is 2.66. The standard InChI is InChI=1S/C20H23N3O3S/c1-5-12-26-20-17-9-7-6-8-16(17)19(21-22-20)15-11-10-14(2)18(13-15)27(24,25)23(3)4/h6-11,13H,5,12H2,1-4H3. The first-order valence-electron chi connectivity index (χ1n) is 8.78. The van der Waals surface area contributed by atoms with Crippen LogP contribution in [0, 0.1) is 6.92 Å². The molecular weight excluding hydrogens is 362 g/mol. The number of ether oxygens (including phenoxy) is 1. The molecule has 0 amide bonds. The third kappa shape index (κ3) is 3.65. The van der Waals surface area contributed by atoms with E-state index in [1.807, 2.05) is 37.3 Å². The zero-order valence-electron chi connectivity index (χ0n) is 15.9. The first-order chi connectivity index (χ1) is 12.9. The highest BCUT2D eigenvalue weighted by atomic mass is 32.2. The molecule has 0 aliphatic heterocycles. The highest BCUT2D eigenvalue weighted by molar-refractivity contribution is 7.89. The fourth-order valence-corrected chi connectivity index (χ4v) is 3.96. The molecule has 1 heterocycles. The predicted octanol–water partition coefficient (Wildman–Crippen LogP) is 3.64. The molecule has 2 aromatic carbocycles. The topological polar surface area (TPSA) is 72.4 Å². The normalized spacial score (nSPS) is 11.9. The summed E-state index contributed by atoms with van der Waals surface area (Å²) >= 11 is 0. The number of aromatic nitrogens is 2. The first-order valence-corrected chi connectivity index (χ1v) is 10.2. The van der Waals surface area contributed by atoms with Gasteiger partial charge in [-0.15, -0.1) is 10.2 Å². The van der Waals surface area contributed by atoms with E-state index in [0.717, 1.165) is 17.2 Å². The van der Waals surface area contributed by atoms with Crippen molar-refractivity contribution in [1.29, 1.82) is 0 Å². The first kappa shape index (κ1) is 19.3. The molecule has 0 spiro atoms. The fourth-order valence-electron chi connectivity index (χ4n) is 2.82. The monoisotopic (exact) mass is 385 g/mol. The van der Waals surface area contributed by atoms with E-state index in [-0.39, 0.29) is 4.90 Å². The molecule has 7 heteroatoms. The van der Waals surface area contributed by atoms with Gasteiger partial charge in [0.05, 0.1) is 11.5 Å². The third-order valence-electron chi connectivity index (χ3n) is 4.32. The molecule has 3 aromatic rings. The number of benzene rings is 2. The molecule has 0 N–H and O–H groups in total. The summed E-state index contributed by atoms with van der Waals surface area (Å²) in [7, 11) is -0.502. The Morgan fingerprint density at radius 3 is 2.41 bits per heavy atom. The Kier molecular flexibility index (Phi) is 5.43. The van der Waals surface area contributed by atoms with Crippen molar-refractivity contribution in [3.05, 3.63) is 48.0 Å². The van der Waals surface area contributed by atoms with Gasteiger partial charge in [-0.1, -0.05) is 37.3 Å². The van der Waals surface area contributed by atoms with E-state index in [1.165, 1.54) is 18.4 Å². The lowest BCUT2D eigenvalue weighted by Crippen LogP contribution is -2.23. The van der Waals surface area contributed by atoms with Crippen LogP contribution in [0.15, 0.2) is 47.4 Å². The molecule has 0 fully saturated rings. The number of sulfonamides is 1. The van der Waals surface area contributed by atoms with Gasteiger partial charge < -0.3 is 4.74 Å². The Morgan fingerprint density at radius 2 is 1.74 bits per heavy atom. The van der Waals surface area contributed by atoms with Gasteiger partial charge in [0, 0.05) is 30.4 Å². The van der Waals surface area contributed by atoms with Crippen LogP contribution in [0.25, 0.3) is 22.0 Å². The molecule has 0 unspecified atom stereocenters. The van der Waals surface area contributed by atoms with Crippen LogP contribution in [0.5, 0.6) is 5.88 Å². The highest BCUT2D eigenvalue weighted by Gasteiger charge is 2.21. The van der Waals surface area contributed by atoms with Crippen LogP contribution < -0.4 is 4.74 Å². The summed E-state index contributed by atoms with van der Waals surface area (Å²) in [4.78, 5) is 0.266. The molecule has 3 rings (SSSR count). The average molecular weight is 385 g/mol. The number of aryl methyl sites for hydroxylation is 1. The van der Waals surface area contributed by atoms with Crippen molar-refractivity contribution in [3.63, 3.8) is 0 Å². The molecule has 0 bridgehead atoms. The van der Waals surface area contributed by atoms with Gasteiger partial charge in [0.2, 0.25) is 15.9 Å². The second kappa shape index (κ2) is 7.62. The van der Waals surface area contributed by atoms with E-state index in [4.69, 9.17) is 4.74 Å². The summed E-state index contributed by atoms with van der Waals surface area (Å²) in [6.45, 7) is 4.38. The van der Waals surface area contributed by atoms with Crippen LogP contribution in [-0.2, 0) is 10.0 Å². The summed E-state index contributed by atoms with van der Waals surface area (Å²) in [6, 6.07) is 13.0. The van der Waals surface area contributed by atoms with Crippen LogP contribution in [0.1, 0.15) is 18.9 Å². The molecule has 142 valence electrons. The molecule has 6 nitrogen and oxygen atoms in total. The summed E-state index contributed by atoms with van der Waals surface area (Å²) in [5, 5.41) is 10.3. The lowest BCUT2D eigenvalue weighted by molar-refractivity contribution is 0.306. The Morgan fingerprint density at radius 1 is 1.04 bits per heavy atom. The van der Waals surface area contributed by atoms with Crippen molar-refractivity contribution >= 4 is 20.8 Å². The van der Waals surface area contributed by atoms with Gasteiger partial charge in [-0.2, -0.15) is 0 Å². The second-order valence-corrected chi connectivity index (χ2v) is 8.64. The minimum atomic E-state index is -3.55. The van der Waals surface area contributed by atoms with E-state index >= 15 is 0 Å². The van der Waals surface area contributed by atoms with Crippen LogP contribution in [-0.4, -0.2) is 43.6 Å². The summed E-state index contributed by atoms with van der Waals surface area (Å²) in [5.74, 6) is 0.490. The Balaban J connectivity index is 2.20. The maximum absolute atomic E-state index is 12.6. The maximum atomic E-state index is 12.6. The lowest BCUT2D eigenvalue weighted by atomic mass is 10.0. The van der Waals surface area contributed by atoms with E-state index in [1.54, 1.807) is 19.1 Å². The van der Waals surface area contributed by atoms with Gasteiger partial charge in [0.25, 0.3) is 0 Å². The van der Waals surface area contributed by atoms with Gasteiger partial charge >= 0.3 is 0 Å². The number of hydrogen-bond donors (Lipinski definition) is 0. The van der Waals surface area contributed by atoms with Crippen molar-refractivity contribution in [3.8, 4) is 17.1 Å². The molecular formula is C20H23N3O3S. The number of hydrogen-bond acceptors (Lipinski definition) is 5. The van der Waals surface area contributed by atoms with E-state index in [0.29, 0.717) is 29.3 Å². The SMILES string of the molecule is CCCOc1nnc(-c2ccc(C)c(S(=O)(=O)N(C)C)c2)c2ccccc12. The van der Waals surface area contributed by atoms with Crippen molar-refractivity contribution < 1.29 is 13.2 Å². The summed E-state index contributed by atoms with van der Waals surface area (Å²) in [5.41, 5.74) is 2.02. The summed E-state index contributed by atoms with van der Waals surface area (Å²) in [6.07, 6.45) is 0.876. The number of fused-ring (bicyclic) bond motifs is 1. The Bertz CT molecular complexity index is 1080. The predicted molar refractivity (Wildman–Crippen MR) is 106 cm³/mol. The van der Waals surface area contributed by atoms with Gasteiger partial charge in [-0.05, 0) is 31.0 Å². The van der Waals surface area contributed by atoms with E-state index in [2.05, 4.69) is 10.2 Å².